The first-order valence-electron chi connectivity index (χ1n) is 32.8. The van der Waals surface area contributed by atoms with E-state index in [2.05, 4.69) is 0 Å². The SMILES string of the molecule is C1CC2(C1)CC2.C1CC2(C1)CCC2.C1CCC2(C1)CC2.C1CCC2(C1)CCC2.C1CCC2(C1)CCCC2.C1CCC2(CC1)CCC2.C1CCC2(CC1)CCCC2.C1CCC2(CC1)CCCCC2. The van der Waals surface area contributed by atoms with Gasteiger partial charge in [0.05, 0.1) is 0 Å². The van der Waals surface area contributed by atoms with Crippen LogP contribution in [0.1, 0.15) is 379 Å². The molecule has 0 aromatic rings. The van der Waals surface area contributed by atoms with Gasteiger partial charge in [-0.25, -0.2) is 0 Å². The smallest absolute Gasteiger partial charge is 0.0297 e. The second-order valence-corrected chi connectivity index (χ2v) is 29.5. The molecule has 0 amide bonds. The van der Waals surface area contributed by atoms with Crippen LogP contribution in [0.25, 0.3) is 0 Å². The molecule has 0 atom stereocenters. The molecule has 0 radical (unpaired) electrons. The molecule has 16 fully saturated rings. The van der Waals surface area contributed by atoms with E-state index in [9.17, 15) is 0 Å². The zero-order valence-electron chi connectivity index (χ0n) is 45.7. The van der Waals surface area contributed by atoms with Gasteiger partial charge in [-0.3, -0.25) is 0 Å². The Labute approximate surface area is 420 Å². The molecule has 0 heterocycles. The summed E-state index contributed by atoms with van der Waals surface area (Å²) < 4.78 is 0. The molecule has 16 aliphatic carbocycles. The van der Waals surface area contributed by atoms with Gasteiger partial charge in [0.15, 0.2) is 0 Å². The number of hydrogen-bond acceptors (Lipinski definition) is 0. The Morgan fingerprint density at radius 1 is 0.0746 bits per heavy atom. The second-order valence-electron chi connectivity index (χ2n) is 29.5. The van der Waals surface area contributed by atoms with Crippen molar-refractivity contribution in [3.05, 3.63) is 0 Å². The van der Waals surface area contributed by atoms with Crippen LogP contribution in [-0.4, -0.2) is 0 Å². The van der Waals surface area contributed by atoms with Gasteiger partial charge in [0.25, 0.3) is 0 Å². The van der Waals surface area contributed by atoms with E-state index in [1.54, 1.807) is 205 Å². The Bertz CT molecular complexity index is 1280. The lowest BCUT2D eigenvalue weighted by molar-refractivity contribution is 0.0314. The van der Waals surface area contributed by atoms with E-state index < -0.39 is 0 Å². The van der Waals surface area contributed by atoms with Crippen molar-refractivity contribution in [3.63, 3.8) is 0 Å². The molecule has 0 unspecified atom stereocenters. The standard InChI is InChI=1S/C11H20.C10H18.2C9H16.C8H14.2C7H12.C6H10/c1-3-7-11(8-4-1)9-5-2-6-10-11;1-2-6-10(7-3-1)8-4-5-9-10;1-2-6-9(5-1)7-3-4-8-9;1-2-5-9(6-3-1)7-4-8-9;1-2-5-8(4-1)6-3-7-8;1-3-7(4-1)5-2-6-7;1-2-4-7(3-1)5-6-7;1-2-6(3-1)4-5-6/h1-10H2;1-9H2;2*1-8H2;1-7H2;2*1-6H2;1-5H2. The molecule has 67 heavy (non-hydrogen) atoms. The van der Waals surface area contributed by atoms with E-state index in [0.717, 1.165) is 43.3 Å². The van der Waals surface area contributed by atoms with Crippen LogP contribution in [0.3, 0.4) is 0 Å². The van der Waals surface area contributed by atoms with Crippen LogP contribution >= 0.6 is 0 Å². The van der Waals surface area contributed by atoms with E-state index in [1.807, 2.05) is 0 Å². The maximum atomic E-state index is 1.56. The number of rotatable bonds is 0. The van der Waals surface area contributed by atoms with Gasteiger partial charge in [0, 0.05) is 0 Å². The Hall–Kier alpha value is 0. The van der Waals surface area contributed by atoms with Gasteiger partial charge in [0.1, 0.15) is 0 Å². The van der Waals surface area contributed by atoms with Gasteiger partial charge in [-0.15, -0.1) is 0 Å². The predicted octanol–water partition coefficient (Wildman–Crippen LogP) is 23.0. The summed E-state index contributed by atoms with van der Waals surface area (Å²) in [5.41, 5.74) is 7.30. The van der Waals surface area contributed by atoms with Crippen LogP contribution in [0.5, 0.6) is 0 Å². The lowest BCUT2D eigenvalue weighted by atomic mass is 9.56. The summed E-state index contributed by atoms with van der Waals surface area (Å²) in [6.45, 7) is 0. The molecular formula is C67H118. The molecule has 0 heteroatoms. The van der Waals surface area contributed by atoms with Crippen LogP contribution in [0.4, 0.5) is 0 Å². The predicted molar refractivity (Wildman–Crippen MR) is 292 cm³/mol. The van der Waals surface area contributed by atoms with Crippen LogP contribution in [0, 0.1) is 43.3 Å². The Morgan fingerprint density at radius 3 is 0.254 bits per heavy atom. The highest BCUT2D eigenvalue weighted by Crippen LogP contribution is 2.61. The minimum atomic E-state index is 0.858. The second kappa shape index (κ2) is 24.4. The van der Waals surface area contributed by atoms with Crippen molar-refractivity contribution in [1.29, 1.82) is 0 Å². The molecule has 0 aromatic heterocycles. The largest absolute Gasteiger partial charge is 0.0533 e. The van der Waals surface area contributed by atoms with Crippen molar-refractivity contribution >= 4 is 0 Å². The first kappa shape index (κ1) is 51.9. The minimum Gasteiger partial charge on any atom is -0.0533 e. The van der Waals surface area contributed by atoms with E-state index >= 15 is 0 Å². The van der Waals surface area contributed by atoms with E-state index in [1.165, 1.54) is 173 Å². The molecule has 0 aromatic carbocycles. The quantitative estimate of drug-likeness (QED) is 0.227. The summed E-state index contributed by atoms with van der Waals surface area (Å²) in [6.07, 6.45) is 91.2. The van der Waals surface area contributed by atoms with E-state index in [4.69, 9.17) is 0 Å². The monoisotopic (exact) mass is 923 g/mol. The summed E-state index contributed by atoms with van der Waals surface area (Å²) in [4.78, 5) is 0. The van der Waals surface area contributed by atoms with Crippen molar-refractivity contribution in [2.75, 3.05) is 0 Å². The fourth-order valence-electron chi connectivity index (χ4n) is 18.6. The van der Waals surface area contributed by atoms with Crippen LogP contribution in [0.15, 0.2) is 0 Å². The highest BCUT2D eigenvalue weighted by molar-refractivity contribution is 4.99. The first-order chi connectivity index (χ1) is 32.8. The van der Waals surface area contributed by atoms with Gasteiger partial charge < -0.3 is 0 Å². The highest BCUT2D eigenvalue weighted by atomic mass is 14.5. The Morgan fingerprint density at radius 2 is 0.164 bits per heavy atom. The summed E-state index contributed by atoms with van der Waals surface area (Å²) in [5, 5.41) is 0. The third-order valence-corrected chi connectivity index (χ3v) is 25.0. The zero-order valence-corrected chi connectivity index (χ0v) is 45.7. The Balaban J connectivity index is 0.0000000965. The lowest BCUT2D eigenvalue weighted by Crippen LogP contribution is -2.35. The normalized spacial score (nSPS) is 32.6. The summed E-state index contributed by atoms with van der Waals surface area (Å²) >= 11 is 0. The van der Waals surface area contributed by atoms with Gasteiger partial charge in [-0.1, -0.05) is 173 Å². The van der Waals surface area contributed by atoms with Crippen LogP contribution in [0.2, 0.25) is 0 Å². The third-order valence-electron chi connectivity index (χ3n) is 25.0. The molecular weight excluding hydrogens is 805 g/mol. The molecule has 0 saturated heterocycles. The molecule has 16 saturated carbocycles. The Kier molecular flexibility index (Phi) is 18.9. The van der Waals surface area contributed by atoms with Crippen molar-refractivity contribution in [3.8, 4) is 0 Å². The molecule has 386 valence electrons. The molecule has 16 rings (SSSR count). The summed E-state index contributed by atoms with van der Waals surface area (Å²) in [5.74, 6) is 0. The average Bonchev–Trinajstić information content (AvgIpc) is 3.74. The van der Waals surface area contributed by atoms with Gasteiger partial charge >= 0.3 is 0 Å². The summed E-state index contributed by atoms with van der Waals surface area (Å²) in [7, 11) is 0. The average molecular weight is 924 g/mol. The van der Waals surface area contributed by atoms with Gasteiger partial charge in [-0.05, 0) is 249 Å². The maximum absolute atomic E-state index is 1.56. The molecule has 0 nitrogen and oxygen atoms in total. The van der Waals surface area contributed by atoms with Crippen LogP contribution < -0.4 is 0 Å². The van der Waals surface area contributed by atoms with Crippen LogP contribution in [-0.2, 0) is 0 Å². The molecule has 8 spiro atoms. The van der Waals surface area contributed by atoms with E-state index in [-0.39, 0.29) is 0 Å². The first-order valence-corrected chi connectivity index (χ1v) is 32.8. The molecule has 16 aliphatic rings. The highest BCUT2D eigenvalue weighted by Gasteiger charge is 2.47. The fraction of sp³-hybridized carbons (Fsp3) is 1.00. The van der Waals surface area contributed by atoms with Crippen molar-refractivity contribution in [1.82, 2.24) is 0 Å². The third kappa shape index (κ3) is 14.8. The topological polar surface area (TPSA) is 0 Å². The molecule has 0 bridgehead atoms. The lowest BCUT2D eigenvalue weighted by Gasteiger charge is -2.49. The minimum absolute atomic E-state index is 0.858. The molecule has 0 N–H and O–H groups in total. The molecule has 0 aliphatic heterocycles. The zero-order chi connectivity index (χ0) is 45.7. The van der Waals surface area contributed by atoms with Crippen molar-refractivity contribution in [2.24, 2.45) is 43.3 Å². The van der Waals surface area contributed by atoms with Crippen molar-refractivity contribution < 1.29 is 0 Å². The van der Waals surface area contributed by atoms with Crippen molar-refractivity contribution in [2.45, 2.75) is 379 Å². The van der Waals surface area contributed by atoms with Gasteiger partial charge in [-0.2, -0.15) is 0 Å². The number of hydrogen-bond donors (Lipinski definition) is 0. The maximum Gasteiger partial charge on any atom is -0.0297 e. The van der Waals surface area contributed by atoms with E-state index in [0.29, 0.717) is 0 Å². The summed E-state index contributed by atoms with van der Waals surface area (Å²) in [6, 6.07) is 0. The fourth-order valence-corrected chi connectivity index (χ4v) is 18.6. The van der Waals surface area contributed by atoms with Gasteiger partial charge in [0.2, 0.25) is 0 Å².